The van der Waals surface area contributed by atoms with Gasteiger partial charge in [0.25, 0.3) is 5.91 Å². The van der Waals surface area contributed by atoms with Crippen LogP contribution in [-0.2, 0) is 16.4 Å². The molecule has 0 saturated heterocycles. The number of hydrogen-bond acceptors (Lipinski definition) is 6. The Labute approximate surface area is 133 Å². The summed E-state index contributed by atoms with van der Waals surface area (Å²) in [6.45, 7) is 4.16. The van der Waals surface area contributed by atoms with Gasteiger partial charge >= 0.3 is 0 Å². The fourth-order valence-corrected chi connectivity index (χ4v) is 3.99. The Balaban J connectivity index is 1.94. The summed E-state index contributed by atoms with van der Waals surface area (Å²) in [5.41, 5.74) is 1.29. The number of sulfone groups is 1. The summed E-state index contributed by atoms with van der Waals surface area (Å²) in [7, 11) is -3.48. The lowest BCUT2D eigenvalue weighted by molar-refractivity contribution is 0.102. The van der Waals surface area contributed by atoms with Gasteiger partial charge in [0.2, 0.25) is 15.8 Å². The molecule has 1 aliphatic rings. The largest absolute Gasteiger partial charge is 0.289 e. The van der Waals surface area contributed by atoms with Crippen LogP contribution >= 0.6 is 0 Å². The van der Waals surface area contributed by atoms with Crippen molar-refractivity contribution in [3.63, 3.8) is 0 Å². The number of nitrogens with one attached hydrogen (secondary N) is 1. The third-order valence-electron chi connectivity index (χ3n) is 3.58. The third kappa shape index (κ3) is 2.63. The van der Waals surface area contributed by atoms with E-state index in [2.05, 4.69) is 20.8 Å². The molecule has 0 aliphatic carbocycles. The van der Waals surface area contributed by atoms with Crippen molar-refractivity contribution in [2.75, 3.05) is 5.32 Å². The number of nitrogens with zero attached hydrogens (tertiary/aromatic N) is 4. The van der Waals surface area contributed by atoms with Gasteiger partial charge in [-0.05, 0) is 47.0 Å². The van der Waals surface area contributed by atoms with Gasteiger partial charge in [0, 0.05) is 17.5 Å². The maximum absolute atomic E-state index is 12.5. The zero-order valence-electron chi connectivity index (χ0n) is 12.6. The zero-order chi connectivity index (χ0) is 16.6. The van der Waals surface area contributed by atoms with Crippen LogP contribution in [0.2, 0.25) is 0 Å². The molecular formula is C14H15N5O3S. The fraction of sp³-hybridized carbons (Fsp3) is 0.286. The van der Waals surface area contributed by atoms with Crippen molar-refractivity contribution in [1.82, 2.24) is 20.2 Å². The molecule has 2 heterocycles. The van der Waals surface area contributed by atoms with Crippen LogP contribution < -0.4 is 5.32 Å². The molecule has 0 radical (unpaired) electrons. The quantitative estimate of drug-likeness (QED) is 0.906. The second kappa shape index (κ2) is 5.58. The summed E-state index contributed by atoms with van der Waals surface area (Å²) < 4.78 is 25.6. The lowest BCUT2D eigenvalue weighted by atomic mass is 10.0. The van der Waals surface area contributed by atoms with E-state index >= 15 is 0 Å². The molecule has 8 nitrogen and oxygen atoms in total. The third-order valence-corrected chi connectivity index (χ3v) is 5.19. The molecule has 1 amide bonds. The first-order valence-electron chi connectivity index (χ1n) is 7.08. The van der Waals surface area contributed by atoms with E-state index in [1.165, 1.54) is 10.8 Å². The van der Waals surface area contributed by atoms with E-state index in [4.69, 9.17) is 0 Å². The molecule has 23 heavy (non-hydrogen) atoms. The van der Waals surface area contributed by atoms with Crippen molar-refractivity contribution in [2.45, 2.75) is 31.7 Å². The van der Waals surface area contributed by atoms with Crippen LogP contribution in [0.5, 0.6) is 0 Å². The van der Waals surface area contributed by atoms with E-state index in [0.717, 1.165) is 11.8 Å². The van der Waals surface area contributed by atoms with Crippen LogP contribution in [0.4, 0.5) is 5.95 Å². The van der Waals surface area contributed by atoms with Crippen molar-refractivity contribution in [2.24, 2.45) is 0 Å². The van der Waals surface area contributed by atoms with Crippen molar-refractivity contribution in [3.8, 4) is 0 Å². The summed E-state index contributed by atoms with van der Waals surface area (Å²) in [5, 5.41) is 14.9. The van der Waals surface area contributed by atoms with E-state index in [9.17, 15) is 13.2 Å². The molecule has 1 N–H and O–H groups in total. The van der Waals surface area contributed by atoms with Crippen molar-refractivity contribution in [3.05, 3.63) is 34.2 Å². The van der Waals surface area contributed by atoms with E-state index in [-0.39, 0.29) is 16.4 Å². The Morgan fingerprint density at radius 2 is 2.13 bits per heavy atom. The second-order valence-electron chi connectivity index (χ2n) is 5.18. The highest BCUT2D eigenvalue weighted by molar-refractivity contribution is 7.94. The standard InChI is InChI=1S/C14H15N5O3S/c1-3-7-19-14(16-17-18-19)15-13(20)11-5-4-10-6-8-23(21,22)12(10)9(11)2/h4-6,8H,3,7H2,1-2H3,(H,15,16,18,20). The van der Waals surface area contributed by atoms with Gasteiger partial charge in [0.05, 0.1) is 4.90 Å². The first-order valence-corrected chi connectivity index (χ1v) is 8.63. The van der Waals surface area contributed by atoms with Gasteiger partial charge in [0.15, 0.2) is 0 Å². The fourth-order valence-electron chi connectivity index (χ4n) is 2.52. The first kappa shape index (κ1) is 15.3. The Morgan fingerprint density at radius 3 is 2.87 bits per heavy atom. The van der Waals surface area contributed by atoms with E-state index in [1.54, 1.807) is 19.1 Å². The highest BCUT2D eigenvalue weighted by atomic mass is 32.2. The summed E-state index contributed by atoms with van der Waals surface area (Å²) in [6, 6.07) is 3.22. The number of aromatic nitrogens is 4. The van der Waals surface area contributed by atoms with Gasteiger partial charge in [0.1, 0.15) is 0 Å². The van der Waals surface area contributed by atoms with Gasteiger partial charge < -0.3 is 0 Å². The molecular weight excluding hydrogens is 318 g/mol. The van der Waals surface area contributed by atoms with Crippen molar-refractivity contribution < 1.29 is 13.2 Å². The average molecular weight is 333 g/mol. The van der Waals surface area contributed by atoms with E-state index < -0.39 is 15.7 Å². The van der Waals surface area contributed by atoms with Crippen molar-refractivity contribution >= 4 is 27.8 Å². The summed E-state index contributed by atoms with van der Waals surface area (Å²) >= 11 is 0. The molecule has 0 spiro atoms. The molecule has 0 saturated carbocycles. The van der Waals surface area contributed by atoms with Crippen LogP contribution in [-0.4, -0.2) is 34.5 Å². The van der Waals surface area contributed by atoms with E-state index in [1.807, 2.05) is 6.92 Å². The number of hydrogen-bond donors (Lipinski definition) is 1. The SMILES string of the molecule is CCCn1nnnc1NC(=O)c1ccc2c(c1C)S(=O)(=O)C=C2. The van der Waals surface area contributed by atoms with Crippen LogP contribution in [0, 0.1) is 6.92 Å². The average Bonchev–Trinajstić information content (AvgIpc) is 3.05. The number of amides is 1. The number of anilines is 1. The predicted molar refractivity (Wildman–Crippen MR) is 83.5 cm³/mol. The van der Waals surface area contributed by atoms with Gasteiger partial charge in [-0.1, -0.05) is 18.1 Å². The highest BCUT2D eigenvalue weighted by Gasteiger charge is 2.26. The summed E-state index contributed by atoms with van der Waals surface area (Å²) in [6.07, 6.45) is 2.34. The molecule has 0 fully saturated rings. The number of benzene rings is 1. The Morgan fingerprint density at radius 1 is 1.35 bits per heavy atom. The Hall–Kier alpha value is -2.55. The maximum atomic E-state index is 12.5. The van der Waals surface area contributed by atoms with Crippen LogP contribution in [0.15, 0.2) is 22.4 Å². The number of carbonyl (C=O) groups excluding carboxylic acids is 1. The van der Waals surface area contributed by atoms with Crippen LogP contribution in [0.25, 0.3) is 6.08 Å². The van der Waals surface area contributed by atoms with Crippen LogP contribution in [0.1, 0.15) is 34.8 Å². The minimum absolute atomic E-state index is 0.179. The zero-order valence-corrected chi connectivity index (χ0v) is 13.5. The van der Waals surface area contributed by atoms with Crippen LogP contribution in [0.3, 0.4) is 0 Å². The van der Waals surface area contributed by atoms with Gasteiger partial charge in [-0.2, -0.15) is 0 Å². The van der Waals surface area contributed by atoms with Crippen molar-refractivity contribution in [1.29, 1.82) is 0 Å². The molecule has 9 heteroatoms. The van der Waals surface area contributed by atoms with E-state index in [0.29, 0.717) is 17.7 Å². The molecule has 3 rings (SSSR count). The smallest absolute Gasteiger partial charge is 0.258 e. The van der Waals surface area contributed by atoms with Gasteiger partial charge in [-0.15, -0.1) is 0 Å². The minimum atomic E-state index is -3.48. The summed E-state index contributed by atoms with van der Waals surface area (Å²) in [4.78, 5) is 12.6. The normalized spacial score (nSPS) is 14.7. The molecule has 1 aromatic carbocycles. The minimum Gasteiger partial charge on any atom is -0.289 e. The Bertz CT molecular complexity index is 914. The molecule has 0 atom stereocenters. The Kier molecular flexibility index (Phi) is 3.72. The topological polar surface area (TPSA) is 107 Å². The molecule has 2 aromatic rings. The number of fused-ring (bicyclic) bond motifs is 1. The molecule has 0 bridgehead atoms. The van der Waals surface area contributed by atoms with Gasteiger partial charge in [-0.25, -0.2) is 13.1 Å². The predicted octanol–water partition coefficient (Wildman–Crippen LogP) is 1.40. The molecule has 120 valence electrons. The monoisotopic (exact) mass is 333 g/mol. The molecule has 1 aromatic heterocycles. The number of rotatable bonds is 4. The first-order chi connectivity index (χ1) is 10.9. The number of carbonyl (C=O) groups is 1. The highest BCUT2D eigenvalue weighted by Crippen LogP contribution is 2.31. The lowest BCUT2D eigenvalue weighted by Gasteiger charge is -2.10. The summed E-state index contributed by atoms with van der Waals surface area (Å²) in [5.74, 6) is -0.211. The maximum Gasteiger partial charge on any atom is 0.258 e. The second-order valence-corrected chi connectivity index (χ2v) is 6.95. The molecule has 1 aliphatic heterocycles. The lowest BCUT2D eigenvalue weighted by Crippen LogP contribution is -2.18. The number of tetrazole rings is 1. The molecule has 0 unspecified atom stereocenters. The van der Waals surface area contributed by atoms with Gasteiger partial charge in [-0.3, -0.25) is 10.1 Å². The number of aryl methyl sites for hydroxylation is 1.